The van der Waals surface area contributed by atoms with E-state index in [1.54, 1.807) is 17.5 Å². The van der Waals surface area contributed by atoms with Crippen LogP contribution in [0.25, 0.3) is 10.6 Å². The maximum absolute atomic E-state index is 12.7. The highest BCUT2D eigenvalue weighted by Gasteiger charge is 2.27. The number of hydrogen-bond donors (Lipinski definition) is 1. The molecular weight excluding hydrogens is 358 g/mol. The fourth-order valence-corrected chi connectivity index (χ4v) is 3.97. The number of aromatic nitrogens is 3. The molecule has 27 heavy (non-hydrogen) atoms. The van der Waals surface area contributed by atoms with Gasteiger partial charge < -0.3 is 10.2 Å². The molecule has 0 saturated carbocycles. The average molecular weight is 379 g/mol. The number of rotatable bonds is 4. The van der Waals surface area contributed by atoms with Gasteiger partial charge in [-0.3, -0.25) is 4.79 Å². The van der Waals surface area contributed by atoms with Crippen molar-refractivity contribution in [1.29, 1.82) is 0 Å². The van der Waals surface area contributed by atoms with Crippen LogP contribution in [0.3, 0.4) is 0 Å². The van der Waals surface area contributed by atoms with Gasteiger partial charge in [-0.25, -0.2) is 4.98 Å². The summed E-state index contributed by atoms with van der Waals surface area (Å²) in [6, 6.07) is 11.8. The lowest BCUT2D eigenvalue weighted by Crippen LogP contribution is -2.41. The normalized spacial score (nSPS) is 16.9. The topological polar surface area (TPSA) is 71.0 Å². The Kier molecular flexibility index (Phi) is 5.11. The van der Waals surface area contributed by atoms with Gasteiger partial charge in [0.15, 0.2) is 5.82 Å². The van der Waals surface area contributed by atoms with Crippen LogP contribution in [0.15, 0.2) is 48.0 Å². The van der Waals surface area contributed by atoms with Crippen LogP contribution in [-0.2, 0) is 4.79 Å². The number of pyridine rings is 1. The van der Waals surface area contributed by atoms with Crippen LogP contribution >= 0.6 is 11.3 Å². The van der Waals surface area contributed by atoms with Crippen molar-refractivity contribution < 1.29 is 4.79 Å². The Morgan fingerprint density at radius 3 is 2.89 bits per heavy atom. The summed E-state index contributed by atoms with van der Waals surface area (Å²) >= 11 is 1.65. The molecule has 1 saturated heterocycles. The van der Waals surface area contributed by atoms with E-state index in [2.05, 4.69) is 25.4 Å². The largest absolute Gasteiger partial charge is 0.354 e. The first kappa shape index (κ1) is 17.6. The number of nitrogens with one attached hydrogen (secondary N) is 1. The predicted molar refractivity (Wildman–Crippen MR) is 108 cm³/mol. The molecule has 1 aliphatic heterocycles. The van der Waals surface area contributed by atoms with Gasteiger partial charge in [-0.1, -0.05) is 12.1 Å². The molecule has 6 nitrogen and oxygen atoms in total. The van der Waals surface area contributed by atoms with Gasteiger partial charge in [0.1, 0.15) is 11.5 Å². The van der Waals surface area contributed by atoms with Gasteiger partial charge in [-0.05, 0) is 55.0 Å². The molecule has 1 N–H and O–H groups in total. The number of aryl methyl sites for hydroxylation is 1. The number of carbonyl (C=O) groups excluding carboxylic acids is 1. The van der Waals surface area contributed by atoms with E-state index in [1.165, 1.54) is 0 Å². The van der Waals surface area contributed by atoms with Crippen molar-refractivity contribution in [2.75, 3.05) is 23.3 Å². The van der Waals surface area contributed by atoms with E-state index in [4.69, 9.17) is 0 Å². The summed E-state index contributed by atoms with van der Waals surface area (Å²) < 4.78 is 0. The lowest BCUT2D eigenvalue weighted by molar-refractivity contribution is -0.120. The highest BCUT2D eigenvalue weighted by molar-refractivity contribution is 7.13. The van der Waals surface area contributed by atoms with Crippen molar-refractivity contribution in [2.45, 2.75) is 19.8 Å². The maximum Gasteiger partial charge on any atom is 0.230 e. The van der Waals surface area contributed by atoms with Crippen molar-refractivity contribution in [3.8, 4) is 10.6 Å². The summed E-state index contributed by atoms with van der Waals surface area (Å²) in [6.07, 6.45) is 3.52. The highest BCUT2D eigenvalue weighted by Crippen LogP contribution is 2.26. The second-order valence-electron chi connectivity index (χ2n) is 6.70. The summed E-state index contributed by atoms with van der Waals surface area (Å²) in [5.74, 6) is 1.39. The average Bonchev–Trinajstić information content (AvgIpc) is 3.25. The van der Waals surface area contributed by atoms with Crippen LogP contribution in [0.5, 0.6) is 0 Å². The molecule has 0 aromatic carbocycles. The summed E-state index contributed by atoms with van der Waals surface area (Å²) in [7, 11) is 0. The standard InChI is InChI=1S/C20H21N5OS/c1-14-5-2-10-21-19(14)22-20(26)15-6-3-11-25(13-15)18-9-8-16(23-24-18)17-7-4-12-27-17/h2,4-5,7-10,12,15H,3,6,11,13H2,1H3,(H,21,22,26)/t15-/m0/s1. The monoisotopic (exact) mass is 379 g/mol. The number of piperidine rings is 1. The zero-order valence-electron chi connectivity index (χ0n) is 15.1. The van der Waals surface area contributed by atoms with Crippen LogP contribution < -0.4 is 10.2 Å². The molecule has 3 aromatic heterocycles. The van der Waals surface area contributed by atoms with E-state index in [0.717, 1.165) is 41.3 Å². The van der Waals surface area contributed by atoms with E-state index in [9.17, 15) is 4.79 Å². The van der Waals surface area contributed by atoms with Crippen LogP contribution in [0.4, 0.5) is 11.6 Å². The number of carbonyl (C=O) groups is 1. The minimum Gasteiger partial charge on any atom is -0.354 e. The molecule has 4 heterocycles. The van der Waals surface area contributed by atoms with Gasteiger partial charge in [-0.15, -0.1) is 21.5 Å². The van der Waals surface area contributed by atoms with Gasteiger partial charge in [0.2, 0.25) is 5.91 Å². The van der Waals surface area contributed by atoms with Gasteiger partial charge in [-0.2, -0.15) is 0 Å². The third kappa shape index (κ3) is 3.98. The lowest BCUT2D eigenvalue weighted by atomic mass is 9.97. The molecule has 0 radical (unpaired) electrons. The summed E-state index contributed by atoms with van der Waals surface area (Å²) in [5, 5.41) is 13.7. The van der Waals surface area contributed by atoms with Gasteiger partial charge in [0.05, 0.1) is 10.8 Å². The Bertz CT molecular complexity index is 910. The maximum atomic E-state index is 12.7. The van der Waals surface area contributed by atoms with Crippen molar-refractivity contribution >= 4 is 28.9 Å². The first-order valence-corrected chi connectivity index (χ1v) is 9.94. The molecule has 4 rings (SSSR count). The van der Waals surface area contributed by atoms with Crippen molar-refractivity contribution in [1.82, 2.24) is 15.2 Å². The minimum absolute atomic E-state index is 0.0182. The van der Waals surface area contributed by atoms with Crippen LogP contribution in [0.2, 0.25) is 0 Å². The van der Waals surface area contributed by atoms with E-state index >= 15 is 0 Å². The van der Waals surface area contributed by atoms with E-state index in [1.807, 2.05) is 48.7 Å². The first-order chi connectivity index (χ1) is 13.2. The molecule has 138 valence electrons. The minimum atomic E-state index is -0.0843. The van der Waals surface area contributed by atoms with Gasteiger partial charge in [0, 0.05) is 19.3 Å². The highest BCUT2D eigenvalue weighted by atomic mass is 32.1. The summed E-state index contributed by atoms with van der Waals surface area (Å²) in [6.45, 7) is 3.48. The van der Waals surface area contributed by atoms with Crippen molar-refractivity contribution in [3.63, 3.8) is 0 Å². The van der Waals surface area contributed by atoms with Gasteiger partial charge >= 0.3 is 0 Å². The lowest BCUT2D eigenvalue weighted by Gasteiger charge is -2.32. The number of amides is 1. The molecule has 0 spiro atoms. The van der Waals surface area contributed by atoms with Crippen LogP contribution in [0, 0.1) is 12.8 Å². The molecule has 0 aliphatic carbocycles. The Hall–Kier alpha value is -2.80. The Balaban J connectivity index is 1.43. The zero-order valence-corrected chi connectivity index (χ0v) is 15.9. The number of nitrogens with zero attached hydrogens (tertiary/aromatic N) is 4. The molecule has 7 heteroatoms. The second-order valence-corrected chi connectivity index (χ2v) is 7.65. The summed E-state index contributed by atoms with van der Waals surface area (Å²) in [4.78, 5) is 20.2. The smallest absolute Gasteiger partial charge is 0.230 e. The Morgan fingerprint density at radius 1 is 1.22 bits per heavy atom. The van der Waals surface area contributed by atoms with Crippen LogP contribution in [0.1, 0.15) is 18.4 Å². The molecule has 1 atom stereocenters. The zero-order chi connectivity index (χ0) is 18.6. The molecule has 0 bridgehead atoms. The quantitative estimate of drug-likeness (QED) is 0.747. The van der Waals surface area contributed by atoms with E-state index in [-0.39, 0.29) is 11.8 Å². The third-order valence-corrected chi connectivity index (χ3v) is 5.68. The van der Waals surface area contributed by atoms with Crippen LogP contribution in [-0.4, -0.2) is 34.2 Å². The summed E-state index contributed by atoms with van der Waals surface area (Å²) in [5.41, 5.74) is 1.85. The number of thiophene rings is 1. The second kappa shape index (κ2) is 7.84. The Labute approximate surface area is 162 Å². The number of hydrogen-bond acceptors (Lipinski definition) is 6. The van der Waals surface area contributed by atoms with Crippen molar-refractivity contribution in [2.24, 2.45) is 5.92 Å². The fourth-order valence-electron chi connectivity index (χ4n) is 3.28. The molecule has 1 fully saturated rings. The van der Waals surface area contributed by atoms with E-state index in [0.29, 0.717) is 12.4 Å². The molecular formula is C20H21N5OS. The van der Waals surface area contributed by atoms with Crippen molar-refractivity contribution in [3.05, 3.63) is 53.5 Å². The molecule has 1 amide bonds. The molecule has 0 unspecified atom stereocenters. The molecule has 1 aliphatic rings. The third-order valence-electron chi connectivity index (χ3n) is 4.79. The van der Waals surface area contributed by atoms with E-state index < -0.39 is 0 Å². The fraction of sp³-hybridized carbons (Fsp3) is 0.300. The van der Waals surface area contributed by atoms with Gasteiger partial charge in [0.25, 0.3) is 0 Å². The number of anilines is 2. The SMILES string of the molecule is Cc1cccnc1NC(=O)[C@H]1CCCN(c2ccc(-c3cccs3)nn2)C1. The first-order valence-electron chi connectivity index (χ1n) is 9.06. The molecule has 3 aromatic rings. The predicted octanol–water partition coefficient (Wildman–Crippen LogP) is 3.76. The Morgan fingerprint density at radius 2 is 2.15 bits per heavy atom.